The molecule has 0 amide bonds. The van der Waals surface area contributed by atoms with Crippen molar-refractivity contribution in [3.05, 3.63) is 12.1 Å². The van der Waals surface area contributed by atoms with Crippen molar-refractivity contribution in [1.82, 2.24) is 0 Å². The lowest BCUT2D eigenvalue weighted by Gasteiger charge is -1.74. The molecule has 34 valence electrons. The molecule has 0 spiro atoms. The SMILES string of the molecule is [B]c1ccc(N)[pH]1. The number of hydrogen-bond acceptors (Lipinski definition) is 1. The fourth-order valence-electron chi connectivity index (χ4n) is 0.430. The molecule has 1 unspecified atom stereocenters. The zero-order valence-electron chi connectivity index (χ0n) is 3.81. The number of hydrogen-bond donors (Lipinski definition) is 1. The molecule has 1 heterocycles. The van der Waals surface area contributed by atoms with Crippen LogP contribution in [0.4, 0.5) is 5.42 Å². The molecule has 1 nitrogen and oxygen atoms in total. The van der Waals surface area contributed by atoms with Crippen LogP contribution in [0.2, 0.25) is 0 Å². The summed E-state index contributed by atoms with van der Waals surface area (Å²) in [5.41, 5.74) is 6.25. The zero-order chi connectivity index (χ0) is 5.28. The smallest absolute Gasteiger partial charge is 0.119 e. The molecular formula is C4H5BNP. The van der Waals surface area contributed by atoms with Crippen LogP contribution in [-0.2, 0) is 0 Å². The van der Waals surface area contributed by atoms with Gasteiger partial charge >= 0.3 is 0 Å². The lowest BCUT2D eigenvalue weighted by Crippen LogP contribution is -1.87. The van der Waals surface area contributed by atoms with E-state index in [-0.39, 0.29) is 0 Å². The second-order valence-corrected chi connectivity index (χ2v) is 2.77. The first-order valence-corrected chi connectivity index (χ1v) is 2.99. The lowest BCUT2D eigenvalue weighted by atomic mass is 10.1. The zero-order valence-corrected chi connectivity index (χ0v) is 4.81. The fraction of sp³-hybridized carbons (Fsp3) is 0. The number of nitrogen functional groups attached to an aromatic ring is 1. The Hall–Kier alpha value is -0.355. The summed E-state index contributed by atoms with van der Waals surface area (Å²) < 4.78 is 0. The van der Waals surface area contributed by atoms with Crippen molar-refractivity contribution in [3.8, 4) is 0 Å². The normalized spacial score (nSPS) is 10.3. The van der Waals surface area contributed by atoms with Gasteiger partial charge in [-0.1, -0.05) is 11.3 Å². The summed E-state index contributed by atoms with van der Waals surface area (Å²) in [4.78, 5) is 0. The van der Waals surface area contributed by atoms with E-state index in [1.807, 2.05) is 12.1 Å². The van der Waals surface area contributed by atoms with Gasteiger partial charge in [0.05, 0.1) is 0 Å². The molecule has 1 aromatic heterocycles. The van der Waals surface area contributed by atoms with Gasteiger partial charge in [0.15, 0.2) is 0 Å². The van der Waals surface area contributed by atoms with Crippen molar-refractivity contribution in [2.24, 2.45) is 0 Å². The minimum absolute atomic E-state index is 0.534. The standard InChI is InChI=1S/C4H5BNP/c5-3-1-2-4(6)7-3/h1-2,7H,6H2. The van der Waals surface area contributed by atoms with Crippen LogP contribution in [0.3, 0.4) is 0 Å². The van der Waals surface area contributed by atoms with E-state index in [0.29, 0.717) is 8.19 Å². The van der Waals surface area contributed by atoms with Crippen LogP contribution in [0.25, 0.3) is 0 Å². The van der Waals surface area contributed by atoms with Gasteiger partial charge in [0.2, 0.25) is 0 Å². The highest BCUT2D eigenvalue weighted by Crippen LogP contribution is 2.11. The molecule has 2 radical (unpaired) electrons. The van der Waals surface area contributed by atoms with Crippen LogP contribution in [0.5, 0.6) is 0 Å². The van der Waals surface area contributed by atoms with E-state index in [2.05, 4.69) is 0 Å². The molecule has 0 saturated heterocycles. The largest absolute Gasteiger partial charge is 0.396 e. The Balaban J connectivity index is 3.04. The average Bonchev–Trinajstić information content (AvgIpc) is 1.87. The van der Waals surface area contributed by atoms with E-state index in [1.54, 1.807) is 0 Å². The second kappa shape index (κ2) is 1.63. The first kappa shape index (κ1) is 4.80. The third-order valence-corrected chi connectivity index (χ3v) is 1.64. The highest BCUT2D eigenvalue weighted by atomic mass is 31.0. The van der Waals surface area contributed by atoms with Crippen molar-refractivity contribution < 1.29 is 0 Å². The topological polar surface area (TPSA) is 26.0 Å². The van der Waals surface area contributed by atoms with Crippen molar-refractivity contribution in [3.63, 3.8) is 0 Å². The monoisotopic (exact) mass is 109 g/mol. The molecule has 0 aromatic carbocycles. The predicted octanol–water partition coefficient (Wildman–Crippen LogP) is 0.0939. The molecule has 0 aliphatic heterocycles. The maximum absolute atomic E-state index is 5.37. The Morgan fingerprint density at radius 1 is 1.57 bits per heavy atom. The molecule has 0 saturated carbocycles. The van der Waals surface area contributed by atoms with Gasteiger partial charge < -0.3 is 5.73 Å². The first-order valence-electron chi connectivity index (χ1n) is 1.99. The quantitative estimate of drug-likeness (QED) is 0.469. The molecule has 1 aromatic rings. The van der Waals surface area contributed by atoms with Gasteiger partial charge in [-0.15, -0.1) is 8.19 Å². The summed E-state index contributed by atoms with van der Waals surface area (Å²) in [6.07, 6.45) is 0. The molecule has 2 N–H and O–H groups in total. The van der Waals surface area contributed by atoms with Gasteiger partial charge in [-0.25, -0.2) is 0 Å². The van der Waals surface area contributed by atoms with Gasteiger partial charge in [0.1, 0.15) is 7.85 Å². The number of rotatable bonds is 0. The van der Waals surface area contributed by atoms with Crippen molar-refractivity contribution in [1.29, 1.82) is 0 Å². The third-order valence-electron chi connectivity index (χ3n) is 0.731. The van der Waals surface area contributed by atoms with Crippen LogP contribution >= 0.6 is 8.19 Å². The summed E-state index contributed by atoms with van der Waals surface area (Å²) in [6, 6.07) is 3.68. The maximum atomic E-state index is 5.37. The Kier molecular flexibility index (Phi) is 1.12. The summed E-state index contributed by atoms with van der Waals surface area (Å²) in [7, 11) is 5.90. The second-order valence-electron chi connectivity index (χ2n) is 1.37. The molecule has 1 rings (SSSR count). The molecule has 1 atom stereocenters. The average molecular weight is 109 g/mol. The van der Waals surface area contributed by atoms with Crippen LogP contribution in [-0.4, -0.2) is 7.85 Å². The Morgan fingerprint density at radius 3 is 2.43 bits per heavy atom. The van der Waals surface area contributed by atoms with Gasteiger partial charge in [-0.2, -0.15) is 0 Å². The van der Waals surface area contributed by atoms with Crippen molar-refractivity contribution in [2.45, 2.75) is 0 Å². The van der Waals surface area contributed by atoms with Crippen molar-refractivity contribution in [2.75, 3.05) is 5.73 Å². The van der Waals surface area contributed by atoms with Gasteiger partial charge in [-0.05, 0) is 6.07 Å². The Morgan fingerprint density at radius 2 is 2.29 bits per heavy atom. The molecule has 0 aliphatic carbocycles. The minimum Gasteiger partial charge on any atom is -0.396 e. The highest BCUT2D eigenvalue weighted by molar-refractivity contribution is 7.41. The molecule has 3 heteroatoms. The number of nitrogens with two attached hydrogens (primary N) is 1. The van der Waals surface area contributed by atoms with E-state index < -0.39 is 0 Å². The van der Waals surface area contributed by atoms with Crippen LogP contribution in [0.15, 0.2) is 12.1 Å². The summed E-state index contributed by atoms with van der Waals surface area (Å²) in [5, 5.41) is 0.887. The van der Waals surface area contributed by atoms with Crippen LogP contribution in [0.1, 0.15) is 0 Å². The fourth-order valence-corrected chi connectivity index (χ4v) is 1.10. The molecular weight excluding hydrogens is 104 g/mol. The van der Waals surface area contributed by atoms with Gasteiger partial charge in [-0.3, -0.25) is 0 Å². The summed E-state index contributed by atoms with van der Waals surface area (Å²) in [6.45, 7) is 0. The van der Waals surface area contributed by atoms with E-state index >= 15 is 0 Å². The van der Waals surface area contributed by atoms with E-state index in [4.69, 9.17) is 13.6 Å². The Bertz CT molecular complexity index is 144. The lowest BCUT2D eigenvalue weighted by molar-refractivity contribution is 1.96. The van der Waals surface area contributed by atoms with Crippen LogP contribution < -0.4 is 10.9 Å². The van der Waals surface area contributed by atoms with Gasteiger partial charge in [0.25, 0.3) is 0 Å². The number of anilines is 1. The first-order chi connectivity index (χ1) is 3.29. The maximum Gasteiger partial charge on any atom is 0.119 e. The van der Waals surface area contributed by atoms with Crippen molar-refractivity contribution >= 4 is 26.7 Å². The van der Waals surface area contributed by atoms with Gasteiger partial charge in [0, 0.05) is 5.42 Å². The minimum atomic E-state index is 0.534. The highest BCUT2D eigenvalue weighted by Gasteiger charge is 1.82. The molecule has 7 heavy (non-hydrogen) atoms. The molecule has 0 bridgehead atoms. The van der Waals surface area contributed by atoms with E-state index in [0.717, 1.165) is 10.6 Å². The molecule has 0 fully saturated rings. The van der Waals surface area contributed by atoms with E-state index in [9.17, 15) is 0 Å². The third kappa shape index (κ3) is 1.00. The summed E-state index contributed by atoms with van der Waals surface area (Å²) >= 11 is 0. The van der Waals surface area contributed by atoms with Crippen LogP contribution in [0, 0.1) is 0 Å². The Labute approximate surface area is 45.4 Å². The predicted molar refractivity (Wildman–Crippen MR) is 35.7 cm³/mol. The molecule has 0 aliphatic rings. The van der Waals surface area contributed by atoms with E-state index in [1.165, 1.54) is 0 Å². The summed E-state index contributed by atoms with van der Waals surface area (Å²) in [5.74, 6) is 0.